The highest BCUT2D eigenvalue weighted by Crippen LogP contribution is 2.52. The Morgan fingerprint density at radius 1 is 1.44 bits per heavy atom. The lowest BCUT2D eigenvalue weighted by Crippen LogP contribution is -2.09. The molecule has 0 N–H and O–H groups in total. The Morgan fingerprint density at radius 2 is 2.06 bits per heavy atom. The van der Waals surface area contributed by atoms with Crippen molar-refractivity contribution in [2.45, 2.75) is 26.7 Å². The first-order valence-electron chi connectivity index (χ1n) is 5.37. The number of rotatable bonds is 3. The van der Waals surface area contributed by atoms with E-state index >= 15 is 0 Å². The molecule has 86 valence electrons. The van der Waals surface area contributed by atoms with Crippen LogP contribution < -0.4 is 0 Å². The summed E-state index contributed by atoms with van der Waals surface area (Å²) in [6.07, 6.45) is 1.39. The molecule has 16 heavy (non-hydrogen) atoms. The van der Waals surface area contributed by atoms with Gasteiger partial charge in [0.2, 0.25) is 0 Å². The van der Waals surface area contributed by atoms with Crippen LogP contribution in [0.4, 0.5) is 0 Å². The van der Waals surface area contributed by atoms with Gasteiger partial charge >= 0.3 is 0 Å². The molecule has 1 unspecified atom stereocenters. The summed E-state index contributed by atoms with van der Waals surface area (Å²) in [6.45, 7) is 4.24. The van der Waals surface area contributed by atoms with Crippen LogP contribution in [0, 0.1) is 11.3 Å². The standard InChI is InChI=1S/C13H14Cl2O/c1-13(2)7-9(13)11(16)6-8-4-3-5-10(14)12(8)15/h3-5,9H,6-7H2,1-2H3. The highest BCUT2D eigenvalue weighted by Gasteiger charge is 2.49. The quantitative estimate of drug-likeness (QED) is 0.794. The summed E-state index contributed by atoms with van der Waals surface area (Å²) >= 11 is 12.0. The number of benzene rings is 1. The molecule has 1 aromatic rings. The van der Waals surface area contributed by atoms with Gasteiger partial charge in [0.25, 0.3) is 0 Å². The van der Waals surface area contributed by atoms with Crippen LogP contribution in [0.2, 0.25) is 10.0 Å². The average molecular weight is 257 g/mol. The predicted molar refractivity (Wildman–Crippen MR) is 67.1 cm³/mol. The van der Waals surface area contributed by atoms with Crippen molar-refractivity contribution in [2.24, 2.45) is 11.3 Å². The maximum Gasteiger partial charge on any atom is 0.140 e. The van der Waals surface area contributed by atoms with E-state index in [4.69, 9.17) is 23.2 Å². The Hall–Kier alpha value is -0.530. The number of ketones is 1. The van der Waals surface area contributed by atoms with Gasteiger partial charge in [-0.1, -0.05) is 49.2 Å². The van der Waals surface area contributed by atoms with Crippen LogP contribution in [0.5, 0.6) is 0 Å². The van der Waals surface area contributed by atoms with E-state index in [2.05, 4.69) is 13.8 Å². The lowest BCUT2D eigenvalue weighted by molar-refractivity contribution is -0.120. The Morgan fingerprint density at radius 3 is 2.62 bits per heavy atom. The number of carbonyl (C=O) groups excluding carboxylic acids is 1. The molecule has 1 atom stereocenters. The lowest BCUT2D eigenvalue weighted by atomic mass is 10.0. The summed E-state index contributed by atoms with van der Waals surface area (Å²) in [5.41, 5.74) is 1.02. The zero-order valence-electron chi connectivity index (χ0n) is 9.39. The third-order valence-electron chi connectivity index (χ3n) is 3.30. The second-order valence-corrected chi connectivity index (χ2v) is 5.89. The van der Waals surface area contributed by atoms with Gasteiger partial charge in [0.1, 0.15) is 5.78 Å². The fraction of sp³-hybridized carbons (Fsp3) is 0.462. The zero-order chi connectivity index (χ0) is 11.9. The Labute approximate surface area is 106 Å². The molecule has 0 aliphatic heterocycles. The van der Waals surface area contributed by atoms with Crippen molar-refractivity contribution >= 4 is 29.0 Å². The molecule has 0 amide bonds. The van der Waals surface area contributed by atoms with Gasteiger partial charge in [0, 0.05) is 12.3 Å². The molecule has 0 saturated heterocycles. The molecule has 1 nitrogen and oxygen atoms in total. The molecule has 0 heterocycles. The summed E-state index contributed by atoms with van der Waals surface area (Å²) in [5.74, 6) is 0.469. The summed E-state index contributed by atoms with van der Waals surface area (Å²) < 4.78 is 0. The van der Waals surface area contributed by atoms with Gasteiger partial charge in [-0.15, -0.1) is 0 Å². The minimum absolute atomic E-state index is 0.183. The van der Waals surface area contributed by atoms with Gasteiger partial charge in [0.15, 0.2) is 0 Å². The van der Waals surface area contributed by atoms with Crippen LogP contribution in [0.15, 0.2) is 18.2 Å². The van der Waals surface area contributed by atoms with Gasteiger partial charge in [-0.25, -0.2) is 0 Å². The topological polar surface area (TPSA) is 17.1 Å². The zero-order valence-corrected chi connectivity index (χ0v) is 10.9. The third kappa shape index (κ3) is 2.26. The summed E-state index contributed by atoms with van der Waals surface area (Å²) in [7, 11) is 0. The first-order chi connectivity index (χ1) is 7.42. The van der Waals surface area contributed by atoms with Gasteiger partial charge in [-0.2, -0.15) is 0 Å². The fourth-order valence-corrected chi connectivity index (χ4v) is 2.40. The Kier molecular flexibility index (Phi) is 3.02. The van der Waals surface area contributed by atoms with E-state index < -0.39 is 0 Å². The van der Waals surface area contributed by atoms with Crippen molar-refractivity contribution in [3.63, 3.8) is 0 Å². The highest BCUT2D eigenvalue weighted by molar-refractivity contribution is 6.42. The predicted octanol–water partition coefficient (Wildman–Crippen LogP) is 4.15. The smallest absolute Gasteiger partial charge is 0.140 e. The van der Waals surface area contributed by atoms with Crippen molar-refractivity contribution in [3.8, 4) is 0 Å². The third-order valence-corrected chi connectivity index (χ3v) is 4.16. The van der Waals surface area contributed by atoms with E-state index in [1.807, 2.05) is 12.1 Å². The SMILES string of the molecule is CC1(C)CC1C(=O)Cc1cccc(Cl)c1Cl. The van der Waals surface area contributed by atoms with Crippen LogP contribution in [0.25, 0.3) is 0 Å². The second-order valence-electron chi connectivity index (χ2n) is 5.10. The number of Topliss-reactive ketones (excluding diaryl/α,β-unsaturated/α-hetero) is 1. The molecule has 1 fully saturated rings. The Balaban J connectivity index is 2.10. The first-order valence-corrected chi connectivity index (χ1v) is 6.13. The van der Waals surface area contributed by atoms with Crippen LogP contribution in [0.3, 0.4) is 0 Å². The number of hydrogen-bond acceptors (Lipinski definition) is 1. The number of hydrogen-bond donors (Lipinski definition) is 0. The van der Waals surface area contributed by atoms with E-state index in [0.717, 1.165) is 12.0 Å². The molecule has 2 rings (SSSR count). The minimum atomic E-state index is 0.183. The molecule has 3 heteroatoms. The highest BCUT2D eigenvalue weighted by atomic mass is 35.5. The number of carbonyl (C=O) groups is 1. The van der Waals surface area contributed by atoms with Crippen molar-refractivity contribution in [1.82, 2.24) is 0 Å². The molecule has 0 spiro atoms. The van der Waals surface area contributed by atoms with Gasteiger partial charge < -0.3 is 0 Å². The maximum absolute atomic E-state index is 12.0. The van der Waals surface area contributed by atoms with Crippen molar-refractivity contribution < 1.29 is 4.79 Å². The van der Waals surface area contributed by atoms with E-state index in [1.54, 1.807) is 6.07 Å². The monoisotopic (exact) mass is 256 g/mol. The molecule has 0 radical (unpaired) electrons. The molecule has 1 saturated carbocycles. The molecule has 0 bridgehead atoms. The summed E-state index contributed by atoms with van der Waals surface area (Å²) in [4.78, 5) is 12.0. The first kappa shape index (κ1) is 11.9. The van der Waals surface area contributed by atoms with Gasteiger partial charge in [-0.05, 0) is 23.5 Å². The van der Waals surface area contributed by atoms with Crippen LogP contribution in [-0.4, -0.2) is 5.78 Å². The largest absolute Gasteiger partial charge is 0.299 e. The van der Waals surface area contributed by atoms with E-state index in [9.17, 15) is 4.79 Å². The van der Waals surface area contributed by atoms with Crippen LogP contribution >= 0.6 is 23.2 Å². The van der Waals surface area contributed by atoms with E-state index in [-0.39, 0.29) is 17.1 Å². The summed E-state index contributed by atoms with van der Waals surface area (Å²) in [5, 5.41) is 1.03. The van der Waals surface area contributed by atoms with Gasteiger partial charge in [-0.3, -0.25) is 4.79 Å². The maximum atomic E-state index is 12.0. The Bertz CT molecular complexity index is 438. The van der Waals surface area contributed by atoms with E-state index in [0.29, 0.717) is 16.5 Å². The van der Waals surface area contributed by atoms with E-state index in [1.165, 1.54) is 0 Å². The second kappa shape index (κ2) is 4.05. The fourth-order valence-electron chi connectivity index (χ4n) is 2.01. The molecule has 1 aliphatic carbocycles. The van der Waals surface area contributed by atoms with Crippen LogP contribution in [-0.2, 0) is 11.2 Å². The van der Waals surface area contributed by atoms with Gasteiger partial charge in [0.05, 0.1) is 10.0 Å². The lowest BCUT2D eigenvalue weighted by Gasteiger charge is -2.06. The molecular formula is C13H14Cl2O. The van der Waals surface area contributed by atoms with Crippen LogP contribution in [0.1, 0.15) is 25.8 Å². The van der Waals surface area contributed by atoms with Crippen molar-refractivity contribution in [2.75, 3.05) is 0 Å². The minimum Gasteiger partial charge on any atom is -0.299 e. The average Bonchev–Trinajstić information content (AvgIpc) is 2.83. The number of halogens is 2. The molecule has 1 aliphatic rings. The molecular weight excluding hydrogens is 243 g/mol. The molecule has 1 aromatic carbocycles. The summed E-state index contributed by atoms with van der Waals surface area (Å²) in [6, 6.07) is 5.43. The molecule has 0 aromatic heterocycles. The van der Waals surface area contributed by atoms with Crippen molar-refractivity contribution in [3.05, 3.63) is 33.8 Å². The normalized spacial score (nSPS) is 21.9. The van der Waals surface area contributed by atoms with Crippen molar-refractivity contribution in [1.29, 1.82) is 0 Å².